The third-order valence-electron chi connectivity index (χ3n) is 5.64. The van der Waals surface area contributed by atoms with Crippen molar-refractivity contribution in [2.75, 3.05) is 28.6 Å². The van der Waals surface area contributed by atoms with Gasteiger partial charge in [-0.25, -0.2) is 9.67 Å². The number of benzene rings is 2. The standard InChI is InChI=1S/C24H25N9O/c1-17-14-22(32-12-3-2-4-13-32)29-24(26-17)28-20-10-8-19(9-11-20)27-23(34)18-6-5-7-21(15-18)33-16-25-30-31-33/h5-11,14-16H,2-4,12-13H2,1H3,(H,27,34)(H,26,28,29). The van der Waals surface area contributed by atoms with Gasteiger partial charge in [0.15, 0.2) is 0 Å². The molecule has 1 aliphatic heterocycles. The van der Waals surface area contributed by atoms with Crippen LogP contribution in [0, 0.1) is 6.92 Å². The van der Waals surface area contributed by atoms with E-state index in [1.54, 1.807) is 18.2 Å². The highest BCUT2D eigenvalue weighted by Gasteiger charge is 2.14. The summed E-state index contributed by atoms with van der Waals surface area (Å²) in [6, 6.07) is 16.6. The highest BCUT2D eigenvalue weighted by Crippen LogP contribution is 2.22. The maximum atomic E-state index is 12.7. The van der Waals surface area contributed by atoms with Gasteiger partial charge in [0.25, 0.3) is 5.91 Å². The molecular formula is C24H25N9O. The molecule has 0 aliphatic carbocycles. The number of carbonyl (C=O) groups is 1. The summed E-state index contributed by atoms with van der Waals surface area (Å²) in [5.74, 6) is 1.31. The van der Waals surface area contributed by atoms with Crippen LogP contribution in [0.5, 0.6) is 0 Å². The lowest BCUT2D eigenvalue weighted by molar-refractivity contribution is 0.102. The predicted molar refractivity (Wildman–Crippen MR) is 130 cm³/mol. The van der Waals surface area contributed by atoms with Crippen molar-refractivity contribution in [2.24, 2.45) is 0 Å². The van der Waals surface area contributed by atoms with Crippen molar-refractivity contribution in [2.45, 2.75) is 26.2 Å². The third kappa shape index (κ3) is 5.01. The van der Waals surface area contributed by atoms with Gasteiger partial charge in [-0.3, -0.25) is 4.79 Å². The van der Waals surface area contributed by atoms with Gasteiger partial charge in [0.2, 0.25) is 5.95 Å². The van der Waals surface area contributed by atoms with Crippen molar-refractivity contribution in [3.8, 4) is 5.69 Å². The molecule has 0 radical (unpaired) electrons. The van der Waals surface area contributed by atoms with Crippen LogP contribution in [-0.4, -0.2) is 49.2 Å². The van der Waals surface area contributed by atoms with Crippen LogP contribution >= 0.6 is 0 Å². The Balaban J connectivity index is 1.25. The maximum Gasteiger partial charge on any atom is 0.255 e. The number of hydrogen-bond donors (Lipinski definition) is 2. The van der Waals surface area contributed by atoms with Crippen LogP contribution in [0.3, 0.4) is 0 Å². The molecule has 1 saturated heterocycles. The van der Waals surface area contributed by atoms with Crippen LogP contribution in [0.2, 0.25) is 0 Å². The van der Waals surface area contributed by atoms with Gasteiger partial charge in [0, 0.05) is 41.8 Å². The Hall–Kier alpha value is -4.34. The summed E-state index contributed by atoms with van der Waals surface area (Å²) in [5.41, 5.74) is 3.66. The first-order valence-electron chi connectivity index (χ1n) is 11.3. The lowest BCUT2D eigenvalue weighted by Gasteiger charge is -2.28. The van der Waals surface area contributed by atoms with E-state index >= 15 is 0 Å². The van der Waals surface area contributed by atoms with Crippen molar-refractivity contribution in [1.29, 1.82) is 0 Å². The molecule has 10 nitrogen and oxygen atoms in total. The number of amides is 1. The van der Waals surface area contributed by atoms with Crippen molar-refractivity contribution in [3.63, 3.8) is 0 Å². The van der Waals surface area contributed by atoms with Gasteiger partial charge in [-0.15, -0.1) is 5.10 Å². The van der Waals surface area contributed by atoms with E-state index < -0.39 is 0 Å². The lowest BCUT2D eigenvalue weighted by atomic mass is 10.1. The Morgan fingerprint density at radius 2 is 1.74 bits per heavy atom. The van der Waals surface area contributed by atoms with Crippen LogP contribution in [0.25, 0.3) is 5.69 Å². The molecular weight excluding hydrogens is 430 g/mol. The lowest BCUT2D eigenvalue weighted by Crippen LogP contribution is -2.30. The van der Waals surface area contributed by atoms with Crippen LogP contribution in [0.15, 0.2) is 60.9 Å². The molecule has 4 aromatic rings. The molecule has 0 unspecified atom stereocenters. The maximum absolute atomic E-state index is 12.7. The molecule has 172 valence electrons. The number of nitrogens with zero attached hydrogens (tertiary/aromatic N) is 7. The Bertz CT molecular complexity index is 1270. The van der Waals surface area contributed by atoms with E-state index in [4.69, 9.17) is 4.98 Å². The molecule has 2 aromatic carbocycles. The fourth-order valence-corrected chi connectivity index (χ4v) is 3.93. The fourth-order valence-electron chi connectivity index (χ4n) is 3.93. The van der Waals surface area contributed by atoms with Gasteiger partial charge in [0.05, 0.1) is 5.69 Å². The zero-order valence-electron chi connectivity index (χ0n) is 18.8. The molecule has 0 bridgehead atoms. The highest BCUT2D eigenvalue weighted by molar-refractivity contribution is 6.04. The molecule has 0 saturated carbocycles. The first kappa shape index (κ1) is 21.5. The number of piperidine rings is 1. The summed E-state index contributed by atoms with van der Waals surface area (Å²) < 4.78 is 1.50. The SMILES string of the molecule is Cc1cc(N2CCCCC2)nc(Nc2ccc(NC(=O)c3cccc(-n4cnnn4)c3)cc2)n1. The summed E-state index contributed by atoms with van der Waals surface area (Å²) in [7, 11) is 0. The molecule has 0 atom stereocenters. The molecule has 1 fully saturated rings. The van der Waals surface area contributed by atoms with Crippen LogP contribution in [-0.2, 0) is 0 Å². The quantitative estimate of drug-likeness (QED) is 0.452. The smallest absolute Gasteiger partial charge is 0.255 e. The predicted octanol–water partition coefficient (Wildman–Crippen LogP) is 3.75. The molecule has 2 aromatic heterocycles. The Kier molecular flexibility index (Phi) is 6.11. The zero-order valence-corrected chi connectivity index (χ0v) is 18.8. The van der Waals surface area contributed by atoms with Gasteiger partial charge in [-0.05, 0) is 79.1 Å². The summed E-state index contributed by atoms with van der Waals surface area (Å²) in [6.07, 6.45) is 5.15. The Labute approximate surface area is 197 Å². The Morgan fingerprint density at radius 3 is 2.50 bits per heavy atom. The number of rotatable bonds is 6. The van der Waals surface area contributed by atoms with Crippen LogP contribution in [0.4, 0.5) is 23.1 Å². The van der Waals surface area contributed by atoms with Gasteiger partial charge >= 0.3 is 0 Å². The van der Waals surface area contributed by atoms with E-state index in [1.807, 2.05) is 43.3 Å². The fraction of sp³-hybridized carbons (Fsp3) is 0.250. The molecule has 1 amide bonds. The van der Waals surface area contributed by atoms with Crippen molar-refractivity contribution in [3.05, 3.63) is 72.2 Å². The third-order valence-corrected chi connectivity index (χ3v) is 5.64. The van der Waals surface area contributed by atoms with E-state index in [-0.39, 0.29) is 5.91 Å². The normalized spacial score (nSPS) is 13.5. The van der Waals surface area contributed by atoms with E-state index in [2.05, 4.69) is 36.0 Å². The minimum absolute atomic E-state index is 0.219. The number of carbonyl (C=O) groups excluding carboxylic acids is 1. The largest absolute Gasteiger partial charge is 0.356 e. The number of tetrazole rings is 1. The molecule has 3 heterocycles. The minimum Gasteiger partial charge on any atom is -0.356 e. The number of anilines is 4. The highest BCUT2D eigenvalue weighted by atomic mass is 16.1. The first-order chi connectivity index (χ1) is 16.6. The summed E-state index contributed by atoms with van der Waals surface area (Å²) in [6.45, 7) is 4.04. The minimum atomic E-state index is -0.219. The molecule has 0 spiro atoms. The molecule has 34 heavy (non-hydrogen) atoms. The van der Waals surface area contributed by atoms with Crippen molar-refractivity contribution in [1.82, 2.24) is 30.2 Å². The Morgan fingerprint density at radius 1 is 0.941 bits per heavy atom. The van der Waals surface area contributed by atoms with E-state index in [1.165, 1.54) is 30.3 Å². The van der Waals surface area contributed by atoms with Crippen LogP contribution < -0.4 is 15.5 Å². The molecule has 5 rings (SSSR count). The van der Waals surface area contributed by atoms with Gasteiger partial charge < -0.3 is 15.5 Å². The van der Waals surface area contributed by atoms with Crippen molar-refractivity contribution < 1.29 is 4.79 Å². The van der Waals surface area contributed by atoms with Gasteiger partial charge in [-0.2, -0.15) is 4.98 Å². The molecule has 10 heteroatoms. The number of nitrogens with one attached hydrogen (secondary N) is 2. The topological polar surface area (TPSA) is 114 Å². The second kappa shape index (κ2) is 9.65. The number of aromatic nitrogens is 6. The summed E-state index contributed by atoms with van der Waals surface area (Å²) in [5, 5.41) is 17.3. The van der Waals surface area contributed by atoms with Gasteiger partial charge in [-0.1, -0.05) is 6.07 Å². The van der Waals surface area contributed by atoms with Crippen molar-refractivity contribution >= 4 is 29.0 Å². The first-order valence-corrected chi connectivity index (χ1v) is 11.3. The van der Waals surface area contributed by atoms with E-state index in [0.29, 0.717) is 22.9 Å². The van der Waals surface area contributed by atoms with Crippen LogP contribution in [0.1, 0.15) is 35.3 Å². The average Bonchev–Trinajstić information content (AvgIpc) is 3.41. The van der Waals surface area contributed by atoms with E-state index in [0.717, 1.165) is 30.3 Å². The second-order valence-electron chi connectivity index (χ2n) is 8.20. The number of hydrogen-bond acceptors (Lipinski definition) is 8. The van der Waals surface area contributed by atoms with E-state index in [9.17, 15) is 4.79 Å². The summed E-state index contributed by atoms with van der Waals surface area (Å²) >= 11 is 0. The number of aryl methyl sites for hydroxylation is 1. The second-order valence-corrected chi connectivity index (χ2v) is 8.20. The summed E-state index contributed by atoms with van der Waals surface area (Å²) in [4.78, 5) is 24.3. The monoisotopic (exact) mass is 455 g/mol. The molecule has 1 aliphatic rings. The average molecular weight is 456 g/mol. The van der Waals surface area contributed by atoms with Gasteiger partial charge in [0.1, 0.15) is 12.1 Å². The zero-order chi connectivity index (χ0) is 23.3. The molecule has 2 N–H and O–H groups in total.